The summed E-state index contributed by atoms with van der Waals surface area (Å²) in [5.41, 5.74) is 0. The average Bonchev–Trinajstić information content (AvgIpc) is 3.03. The van der Waals surface area contributed by atoms with Gasteiger partial charge < -0.3 is 29.6 Å². The zero-order chi connectivity index (χ0) is 18.7. The Kier molecular flexibility index (Phi) is 9.21. The van der Waals surface area contributed by atoms with Crippen LogP contribution in [0.2, 0.25) is 0 Å². The number of hydrogen-bond donors (Lipinski definition) is 2. The van der Waals surface area contributed by atoms with Crippen molar-refractivity contribution < 1.29 is 33.8 Å². The summed E-state index contributed by atoms with van der Waals surface area (Å²) in [7, 11) is 0. The predicted molar refractivity (Wildman–Crippen MR) is 85.4 cm³/mol. The van der Waals surface area contributed by atoms with Crippen LogP contribution in [-0.4, -0.2) is 80.1 Å². The number of ether oxygens (including phenoxy) is 2. The van der Waals surface area contributed by atoms with E-state index in [4.69, 9.17) is 21.0 Å². The van der Waals surface area contributed by atoms with E-state index in [9.17, 15) is 19.2 Å². The molecule has 0 saturated carbocycles. The Bertz CT molecular complexity index is 529. The molecule has 2 amide bonds. The van der Waals surface area contributed by atoms with Crippen LogP contribution in [0.3, 0.4) is 0 Å². The number of terminal acetylenes is 1. The van der Waals surface area contributed by atoms with E-state index >= 15 is 0 Å². The highest BCUT2D eigenvalue weighted by Gasteiger charge is 2.39. The van der Waals surface area contributed by atoms with Crippen LogP contribution in [0, 0.1) is 24.2 Å². The highest BCUT2D eigenvalue weighted by atomic mass is 16.5. The molecule has 25 heavy (non-hydrogen) atoms. The average molecular weight is 354 g/mol. The zero-order valence-electron chi connectivity index (χ0n) is 13.8. The first kappa shape index (κ1) is 20.6. The fourth-order valence-corrected chi connectivity index (χ4v) is 2.41. The molecule has 9 nitrogen and oxygen atoms in total. The van der Waals surface area contributed by atoms with Crippen LogP contribution in [0.5, 0.6) is 0 Å². The number of nitrogens with one attached hydrogen (secondary N) is 1. The molecule has 0 spiro atoms. The lowest BCUT2D eigenvalue weighted by Crippen LogP contribution is -2.38. The van der Waals surface area contributed by atoms with E-state index in [1.54, 1.807) is 0 Å². The molecule has 0 aliphatic carbocycles. The quantitative estimate of drug-likeness (QED) is 0.263. The first-order valence-electron chi connectivity index (χ1n) is 7.81. The van der Waals surface area contributed by atoms with E-state index in [0.29, 0.717) is 19.5 Å². The third-order valence-corrected chi connectivity index (χ3v) is 3.66. The monoisotopic (exact) mass is 354 g/mol. The molecule has 2 atom stereocenters. The van der Waals surface area contributed by atoms with Gasteiger partial charge in [-0.05, 0) is 0 Å². The SMILES string of the molecule is C#CCOCCOCCC(=O)N1C[C@@H](C=O)[C@H](C(=O)NCC(=O)O)C1. The Balaban J connectivity index is 2.35. The molecular formula is C16H22N2O7. The Morgan fingerprint density at radius 2 is 1.96 bits per heavy atom. The number of aldehydes is 1. The van der Waals surface area contributed by atoms with E-state index in [1.165, 1.54) is 4.90 Å². The molecule has 1 rings (SSSR count). The molecule has 9 heteroatoms. The van der Waals surface area contributed by atoms with Gasteiger partial charge in [0.15, 0.2) is 0 Å². The Hall–Kier alpha value is -2.44. The number of nitrogens with zero attached hydrogens (tertiary/aromatic N) is 1. The van der Waals surface area contributed by atoms with E-state index in [-0.39, 0.29) is 38.6 Å². The van der Waals surface area contributed by atoms with Crippen molar-refractivity contribution >= 4 is 24.1 Å². The van der Waals surface area contributed by atoms with Gasteiger partial charge in [-0.1, -0.05) is 5.92 Å². The van der Waals surface area contributed by atoms with Gasteiger partial charge in [0.25, 0.3) is 0 Å². The van der Waals surface area contributed by atoms with Crippen molar-refractivity contribution in [3.8, 4) is 12.3 Å². The highest BCUT2D eigenvalue weighted by molar-refractivity contribution is 5.87. The van der Waals surface area contributed by atoms with E-state index in [2.05, 4.69) is 11.2 Å². The maximum atomic E-state index is 12.1. The fraction of sp³-hybridized carbons (Fsp3) is 0.625. The van der Waals surface area contributed by atoms with E-state index in [0.717, 1.165) is 0 Å². The second-order valence-corrected chi connectivity index (χ2v) is 5.44. The summed E-state index contributed by atoms with van der Waals surface area (Å²) in [6.45, 7) is 0.736. The van der Waals surface area contributed by atoms with Crippen LogP contribution in [-0.2, 0) is 28.7 Å². The number of carboxylic acids is 1. The number of carbonyl (C=O) groups is 4. The highest BCUT2D eigenvalue weighted by Crippen LogP contribution is 2.22. The summed E-state index contributed by atoms with van der Waals surface area (Å²) in [5, 5.41) is 10.8. The molecule has 1 fully saturated rings. The molecule has 138 valence electrons. The van der Waals surface area contributed by atoms with Gasteiger partial charge in [-0.15, -0.1) is 6.42 Å². The lowest BCUT2D eigenvalue weighted by Gasteiger charge is -2.16. The van der Waals surface area contributed by atoms with Gasteiger partial charge in [0.05, 0.1) is 32.2 Å². The Morgan fingerprint density at radius 3 is 2.60 bits per heavy atom. The first-order valence-corrected chi connectivity index (χ1v) is 7.81. The summed E-state index contributed by atoms with van der Waals surface area (Å²) >= 11 is 0. The second kappa shape index (κ2) is 11.2. The second-order valence-electron chi connectivity index (χ2n) is 5.44. The summed E-state index contributed by atoms with van der Waals surface area (Å²) in [5.74, 6) is -1.01. The van der Waals surface area contributed by atoms with Crippen LogP contribution < -0.4 is 5.32 Å². The van der Waals surface area contributed by atoms with E-state index < -0.39 is 30.3 Å². The largest absolute Gasteiger partial charge is 0.480 e. The zero-order valence-corrected chi connectivity index (χ0v) is 13.8. The maximum Gasteiger partial charge on any atom is 0.322 e. The van der Waals surface area contributed by atoms with Crippen molar-refractivity contribution in [2.45, 2.75) is 6.42 Å². The van der Waals surface area contributed by atoms with Gasteiger partial charge in [0.2, 0.25) is 11.8 Å². The number of aliphatic carboxylic acids is 1. The molecule has 0 unspecified atom stereocenters. The third-order valence-electron chi connectivity index (χ3n) is 3.66. The molecule has 0 radical (unpaired) electrons. The molecule has 0 aromatic carbocycles. The van der Waals surface area contributed by atoms with Crippen molar-refractivity contribution in [1.29, 1.82) is 0 Å². The summed E-state index contributed by atoms with van der Waals surface area (Å²) in [4.78, 5) is 47.1. The minimum Gasteiger partial charge on any atom is -0.480 e. The number of amides is 2. The molecule has 1 saturated heterocycles. The van der Waals surface area contributed by atoms with E-state index in [1.807, 2.05) is 0 Å². The molecule has 1 heterocycles. The third kappa shape index (κ3) is 7.32. The van der Waals surface area contributed by atoms with Crippen LogP contribution in [0.25, 0.3) is 0 Å². The molecule has 0 aromatic heterocycles. The molecule has 0 aromatic rings. The van der Waals surface area contributed by atoms with Crippen LogP contribution in [0.4, 0.5) is 0 Å². The van der Waals surface area contributed by atoms with Crippen molar-refractivity contribution in [1.82, 2.24) is 10.2 Å². The predicted octanol–water partition coefficient (Wildman–Crippen LogP) is -1.48. The van der Waals surface area contributed by atoms with Crippen molar-refractivity contribution in [3.63, 3.8) is 0 Å². The standard InChI is InChI=1S/C16H22N2O7/c1-2-4-24-6-7-25-5-3-14(20)18-9-12(11-19)13(10-18)16(23)17-8-15(21)22/h1,11-13H,3-10H2,(H,17,23)(H,21,22)/t12-,13+/m0/s1. The van der Waals surface area contributed by atoms with Crippen LogP contribution >= 0.6 is 0 Å². The van der Waals surface area contributed by atoms with Crippen LogP contribution in [0.15, 0.2) is 0 Å². The fourth-order valence-electron chi connectivity index (χ4n) is 2.41. The van der Waals surface area contributed by atoms with Crippen molar-refractivity contribution in [2.24, 2.45) is 11.8 Å². The summed E-state index contributed by atoms with van der Waals surface area (Å²) < 4.78 is 10.3. The van der Waals surface area contributed by atoms with Crippen LogP contribution in [0.1, 0.15) is 6.42 Å². The minimum atomic E-state index is -1.18. The van der Waals surface area contributed by atoms with Gasteiger partial charge >= 0.3 is 5.97 Å². The van der Waals surface area contributed by atoms with Gasteiger partial charge in [-0.25, -0.2) is 0 Å². The first-order chi connectivity index (χ1) is 12.0. The van der Waals surface area contributed by atoms with Gasteiger partial charge in [0.1, 0.15) is 19.4 Å². The van der Waals surface area contributed by atoms with Gasteiger partial charge in [-0.3, -0.25) is 14.4 Å². The normalized spacial score (nSPS) is 19.2. The maximum absolute atomic E-state index is 12.1. The number of carbonyl (C=O) groups excluding carboxylic acids is 3. The molecule has 2 N–H and O–H groups in total. The van der Waals surface area contributed by atoms with Crippen molar-refractivity contribution in [3.05, 3.63) is 0 Å². The Morgan fingerprint density at radius 1 is 1.24 bits per heavy atom. The molecule has 1 aliphatic heterocycles. The number of rotatable bonds is 11. The topological polar surface area (TPSA) is 122 Å². The molecular weight excluding hydrogens is 332 g/mol. The lowest BCUT2D eigenvalue weighted by atomic mass is 9.97. The summed E-state index contributed by atoms with van der Waals surface area (Å²) in [6, 6.07) is 0. The van der Waals surface area contributed by atoms with Gasteiger partial charge in [-0.2, -0.15) is 0 Å². The number of carboxylic acid groups (broad SMARTS) is 1. The smallest absolute Gasteiger partial charge is 0.322 e. The number of hydrogen-bond acceptors (Lipinski definition) is 6. The number of likely N-dealkylation sites (tertiary alicyclic amines) is 1. The summed E-state index contributed by atoms with van der Waals surface area (Å²) in [6.07, 6.45) is 5.76. The minimum absolute atomic E-state index is 0.0823. The lowest BCUT2D eigenvalue weighted by molar-refractivity contribution is -0.139. The Labute approximate surface area is 145 Å². The van der Waals surface area contributed by atoms with Crippen molar-refractivity contribution in [2.75, 3.05) is 46.1 Å². The van der Waals surface area contributed by atoms with Gasteiger partial charge in [0, 0.05) is 19.0 Å². The molecule has 0 bridgehead atoms. The molecule has 1 aliphatic rings.